The van der Waals surface area contributed by atoms with E-state index in [0.29, 0.717) is 37.2 Å². The topological polar surface area (TPSA) is 87.8 Å². The van der Waals surface area contributed by atoms with E-state index in [0.717, 1.165) is 24.8 Å². The Morgan fingerprint density at radius 2 is 1.37 bits per heavy atom. The van der Waals surface area contributed by atoms with Crippen LogP contribution in [0.4, 0.5) is 0 Å². The molecule has 6 nitrogen and oxygen atoms in total. The predicted molar refractivity (Wildman–Crippen MR) is 140 cm³/mol. The Hall–Kier alpha value is -2.21. The zero-order chi connectivity index (χ0) is 26.2. The highest BCUT2D eigenvalue weighted by Gasteiger charge is 2.50. The quantitative estimate of drug-likeness (QED) is 0.352. The lowest BCUT2D eigenvalue weighted by atomic mass is 9.88. The van der Waals surface area contributed by atoms with Gasteiger partial charge in [-0.2, -0.15) is 0 Å². The molecule has 196 valence electrons. The van der Waals surface area contributed by atoms with Crippen LogP contribution in [0.1, 0.15) is 79.7 Å². The van der Waals surface area contributed by atoms with Gasteiger partial charge in [-0.25, -0.2) is 0 Å². The Kier molecular flexibility index (Phi) is 10.9. The van der Waals surface area contributed by atoms with Crippen LogP contribution >= 0.6 is 0 Å². The third-order valence-corrected chi connectivity index (χ3v) is 6.56. The van der Waals surface area contributed by atoms with Crippen LogP contribution in [0.2, 0.25) is 0 Å². The SMILES string of the molecule is CC(C)CCC(NC(=O)C(Cc1ccccc1)NC(=O)C(CC(C)C)CC(C)C)C(=O)C1(C)CO1. The summed E-state index contributed by atoms with van der Waals surface area (Å²) in [6.45, 7) is 14.8. The van der Waals surface area contributed by atoms with Crippen LogP contribution in [0.5, 0.6) is 0 Å². The van der Waals surface area contributed by atoms with Crippen molar-refractivity contribution in [3.05, 3.63) is 35.9 Å². The van der Waals surface area contributed by atoms with E-state index >= 15 is 0 Å². The van der Waals surface area contributed by atoms with E-state index in [1.807, 2.05) is 30.3 Å². The molecule has 0 radical (unpaired) electrons. The largest absolute Gasteiger partial charge is 0.361 e. The number of hydrogen-bond acceptors (Lipinski definition) is 4. The minimum Gasteiger partial charge on any atom is -0.361 e. The van der Waals surface area contributed by atoms with Crippen molar-refractivity contribution in [3.8, 4) is 0 Å². The molecule has 0 spiro atoms. The van der Waals surface area contributed by atoms with Gasteiger partial charge >= 0.3 is 0 Å². The van der Waals surface area contributed by atoms with Crippen LogP contribution in [0.25, 0.3) is 0 Å². The normalized spacial score (nSPS) is 19.2. The smallest absolute Gasteiger partial charge is 0.243 e. The third-order valence-electron chi connectivity index (χ3n) is 6.56. The van der Waals surface area contributed by atoms with Gasteiger partial charge in [-0.3, -0.25) is 14.4 Å². The highest BCUT2D eigenvalue weighted by molar-refractivity contribution is 5.98. The fraction of sp³-hybridized carbons (Fsp3) is 0.690. The fourth-order valence-corrected chi connectivity index (χ4v) is 4.46. The van der Waals surface area contributed by atoms with Gasteiger partial charge in [-0.1, -0.05) is 71.9 Å². The maximum Gasteiger partial charge on any atom is 0.243 e. The number of ketones is 1. The Labute approximate surface area is 212 Å². The van der Waals surface area contributed by atoms with Crippen LogP contribution in [0.15, 0.2) is 30.3 Å². The summed E-state index contributed by atoms with van der Waals surface area (Å²) in [6.07, 6.45) is 3.28. The molecule has 0 aliphatic carbocycles. The molecule has 1 aliphatic heterocycles. The summed E-state index contributed by atoms with van der Waals surface area (Å²) in [5.41, 5.74) is 0.145. The molecule has 2 amide bonds. The highest BCUT2D eigenvalue weighted by Crippen LogP contribution is 2.29. The lowest BCUT2D eigenvalue weighted by molar-refractivity contribution is -0.134. The van der Waals surface area contributed by atoms with Crippen molar-refractivity contribution in [3.63, 3.8) is 0 Å². The van der Waals surface area contributed by atoms with Crippen molar-refractivity contribution in [2.75, 3.05) is 6.61 Å². The zero-order valence-electron chi connectivity index (χ0n) is 22.7. The molecule has 0 bridgehead atoms. The molecule has 0 aromatic heterocycles. The molecule has 1 heterocycles. The number of amides is 2. The number of hydrogen-bond donors (Lipinski definition) is 2. The van der Waals surface area contributed by atoms with Crippen LogP contribution in [0.3, 0.4) is 0 Å². The van der Waals surface area contributed by atoms with E-state index in [1.165, 1.54) is 0 Å². The molecule has 1 aromatic rings. The van der Waals surface area contributed by atoms with E-state index in [1.54, 1.807) is 6.92 Å². The first-order valence-electron chi connectivity index (χ1n) is 13.2. The van der Waals surface area contributed by atoms with Gasteiger partial charge in [-0.05, 0) is 55.9 Å². The van der Waals surface area contributed by atoms with Gasteiger partial charge in [0.15, 0.2) is 5.78 Å². The second-order valence-electron chi connectivity index (χ2n) is 11.6. The second-order valence-corrected chi connectivity index (χ2v) is 11.6. The molecule has 35 heavy (non-hydrogen) atoms. The molecule has 1 aromatic carbocycles. The summed E-state index contributed by atoms with van der Waals surface area (Å²) >= 11 is 0. The van der Waals surface area contributed by atoms with E-state index in [-0.39, 0.29) is 23.5 Å². The molecule has 1 saturated heterocycles. The maximum atomic E-state index is 13.5. The van der Waals surface area contributed by atoms with Gasteiger partial charge in [0, 0.05) is 12.3 Å². The van der Waals surface area contributed by atoms with Gasteiger partial charge in [-0.15, -0.1) is 0 Å². The number of epoxide rings is 1. The van der Waals surface area contributed by atoms with Crippen molar-refractivity contribution in [1.82, 2.24) is 10.6 Å². The minimum absolute atomic E-state index is 0.0891. The second kappa shape index (κ2) is 13.2. The average Bonchev–Trinajstić information content (AvgIpc) is 3.53. The lowest BCUT2D eigenvalue weighted by Crippen LogP contribution is -2.55. The first-order chi connectivity index (χ1) is 16.4. The van der Waals surface area contributed by atoms with Crippen molar-refractivity contribution in [2.24, 2.45) is 23.7 Å². The van der Waals surface area contributed by atoms with Crippen LogP contribution in [-0.2, 0) is 25.5 Å². The maximum absolute atomic E-state index is 13.5. The van der Waals surface area contributed by atoms with Gasteiger partial charge in [0.2, 0.25) is 11.8 Å². The van der Waals surface area contributed by atoms with E-state index in [2.05, 4.69) is 52.2 Å². The number of Topliss-reactive ketones (excluding diaryl/α,β-unsaturated/α-hetero) is 1. The highest BCUT2D eigenvalue weighted by atomic mass is 16.6. The molecule has 2 N–H and O–H groups in total. The molecule has 2 rings (SSSR count). The van der Waals surface area contributed by atoms with Crippen molar-refractivity contribution >= 4 is 17.6 Å². The monoisotopic (exact) mass is 486 g/mol. The lowest BCUT2D eigenvalue weighted by Gasteiger charge is -2.27. The molecule has 3 unspecified atom stereocenters. The summed E-state index contributed by atoms with van der Waals surface area (Å²) in [5, 5.41) is 6.03. The number of carbonyl (C=O) groups excluding carboxylic acids is 3. The molecule has 0 saturated carbocycles. The molecule has 3 atom stereocenters. The van der Waals surface area contributed by atoms with Gasteiger partial charge in [0.1, 0.15) is 11.6 Å². The van der Waals surface area contributed by atoms with Gasteiger partial charge in [0.25, 0.3) is 0 Å². The van der Waals surface area contributed by atoms with Crippen molar-refractivity contribution in [2.45, 2.75) is 98.3 Å². The molecular formula is C29H46N2O4. The summed E-state index contributed by atoms with van der Waals surface area (Å²) in [6, 6.07) is 8.29. The Morgan fingerprint density at radius 3 is 1.86 bits per heavy atom. The van der Waals surface area contributed by atoms with Gasteiger partial charge in [0.05, 0.1) is 12.6 Å². The van der Waals surface area contributed by atoms with Crippen LogP contribution in [-0.4, -0.2) is 41.9 Å². The summed E-state index contributed by atoms with van der Waals surface area (Å²) in [5.74, 6) is 0.508. The van der Waals surface area contributed by atoms with Crippen molar-refractivity contribution < 1.29 is 19.1 Å². The van der Waals surface area contributed by atoms with E-state index < -0.39 is 17.7 Å². The average molecular weight is 487 g/mol. The molecule has 1 fully saturated rings. The number of nitrogens with one attached hydrogen (secondary N) is 2. The Morgan fingerprint density at radius 1 is 0.829 bits per heavy atom. The van der Waals surface area contributed by atoms with Crippen molar-refractivity contribution in [1.29, 1.82) is 0 Å². The molecular weight excluding hydrogens is 440 g/mol. The summed E-state index contributed by atoms with van der Waals surface area (Å²) in [4.78, 5) is 40.0. The van der Waals surface area contributed by atoms with Crippen LogP contribution in [0, 0.1) is 23.7 Å². The summed E-state index contributed by atoms with van der Waals surface area (Å²) in [7, 11) is 0. The fourth-order valence-electron chi connectivity index (χ4n) is 4.46. The first-order valence-corrected chi connectivity index (χ1v) is 13.2. The first kappa shape index (κ1) is 29.0. The number of carbonyl (C=O) groups is 3. The van der Waals surface area contributed by atoms with Crippen LogP contribution < -0.4 is 10.6 Å². The van der Waals surface area contributed by atoms with Gasteiger partial charge < -0.3 is 15.4 Å². The third kappa shape index (κ3) is 9.75. The minimum atomic E-state index is -0.813. The zero-order valence-corrected chi connectivity index (χ0v) is 22.7. The van der Waals surface area contributed by atoms with E-state index in [4.69, 9.17) is 4.74 Å². The Balaban J connectivity index is 2.22. The molecule has 1 aliphatic rings. The summed E-state index contributed by atoms with van der Waals surface area (Å²) < 4.78 is 5.38. The predicted octanol–water partition coefficient (Wildman–Crippen LogP) is 4.70. The standard InChI is InChI=1S/C29H46N2O4/c1-19(2)13-14-24(26(32)29(7)18-35-29)30-28(34)25(17-22-11-9-8-10-12-22)31-27(33)23(15-20(3)4)16-21(5)6/h8-12,19-21,23-25H,13-18H2,1-7H3,(H,30,34)(H,31,33). The van der Waals surface area contributed by atoms with E-state index in [9.17, 15) is 14.4 Å². The number of rotatable bonds is 15. The Bertz CT molecular complexity index is 820. The number of benzene rings is 1. The number of ether oxygens (including phenoxy) is 1. The molecule has 6 heteroatoms.